The van der Waals surface area contributed by atoms with Crippen molar-refractivity contribution in [2.24, 2.45) is 0 Å². The first-order chi connectivity index (χ1) is 24.3. The van der Waals surface area contributed by atoms with Crippen LogP contribution in [0.25, 0.3) is 98.8 Å². The summed E-state index contributed by atoms with van der Waals surface area (Å²) >= 11 is 0. The Morgan fingerprint density at radius 1 is 0.327 bits per heavy atom. The van der Waals surface area contributed by atoms with Crippen LogP contribution in [0.1, 0.15) is 0 Å². The monoisotopic (exact) mass is 624 g/mol. The average molecular weight is 625 g/mol. The Hall–Kier alpha value is -6.58. The SMILES string of the molecule is c1ccc(-n2c3ccccc3c3cc4c(cc32)c2c3ccccc3ccc2n4-c2cccc(-c3ccc4c(c3)oc3ccccc34)c2)cc1. The van der Waals surface area contributed by atoms with Gasteiger partial charge in [0, 0.05) is 43.7 Å². The zero-order chi connectivity index (χ0) is 32.1. The van der Waals surface area contributed by atoms with Gasteiger partial charge >= 0.3 is 0 Å². The van der Waals surface area contributed by atoms with Crippen LogP contribution in [0.5, 0.6) is 0 Å². The maximum atomic E-state index is 6.28. The second-order valence-corrected chi connectivity index (χ2v) is 13.0. The van der Waals surface area contributed by atoms with Crippen LogP contribution < -0.4 is 0 Å². The van der Waals surface area contributed by atoms with E-state index in [0.717, 1.165) is 44.4 Å². The lowest BCUT2D eigenvalue weighted by Crippen LogP contribution is -1.95. The van der Waals surface area contributed by atoms with Crippen molar-refractivity contribution in [2.75, 3.05) is 0 Å². The molecular formula is C46H28N2O. The number of hydrogen-bond acceptors (Lipinski definition) is 1. The summed E-state index contributed by atoms with van der Waals surface area (Å²) in [6.07, 6.45) is 0. The van der Waals surface area contributed by atoms with Crippen molar-refractivity contribution in [1.82, 2.24) is 9.13 Å². The Morgan fingerprint density at radius 2 is 1.00 bits per heavy atom. The fraction of sp³-hybridized carbons (Fsp3) is 0. The molecule has 3 heterocycles. The van der Waals surface area contributed by atoms with E-state index in [1.54, 1.807) is 0 Å². The Morgan fingerprint density at radius 3 is 1.92 bits per heavy atom. The van der Waals surface area contributed by atoms with Gasteiger partial charge in [0.05, 0.1) is 22.1 Å². The highest BCUT2D eigenvalue weighted by Crippen LogP contribution is 2.42. The molecule has 0 atom stereocenters. The third-order valence-electron chi connectivity index (χ3n) is 10.3. The topological polar surface area (TPSA) is 23.0 Å². The van der Waals surface area contributed by atoms with Gasteiger partial charge in [-0.1, -0.05) is 103 Å². The van der Waals surface area contributed by atoms with Crippen molar-refractivity contribution in [3.63, 3.8) is 0 Å². The van der Waals surface area contributed by atoms with Crippen LogP contribution >= 0.6 is 0 Å². The van der Waals surface area contributed by atoms with Gasteiger partial charge in [-0.05, 0) is 88.6 Å². The fourth-order valence-electron chi connectivity index (χ4n) is 8.11. The minimum absolute atomic E-state index is 0.907. The molecule has 0 saturated heterocycles. The molecule has 0 radical (unpaired) electrons. The molecule has 0 bridgehead atoms. The van der Waals surface area contributed by atoms with Crippen molar-refractivity contribution >= 4 is 76.3 Å². The number of aromatic nitrogens is 2. The highest BCUT2D eigenvalue weighted by atomic mass is 16.3. The number of furan rings is 1. The summed E-state index contributed by atoms with van der Waals surface area (Å²) < 4.78 is 11.1. The molecule has 11 aromatic rings. The van der Waals surface area contributed by atoms with Gasteiger partial charge in [-0.2, -0.15) is 0 Å². The molecule has 3 nitrogen and oxygen atoms in total. The Labute approximate surface area is 281 Å². The van der Waals surface area contributed by atoms with Gasteiger partial charge < -0.3 is 13.6 Å². The van der Waals surface area contributed by atoms with Crippen molar-refractivity contribution in [3.05, 3.63) is 170 Å². The second kappa shape index (κ2) is 9.96. The Balaban J connectivity index is 1.22. The third-order valence-corrected chi connectivity index (χ3v) is 10.3. The van der Waals surface area contributed by atoms with Crippen LogP contribution in [0.3, 0.4) is 0 Å². The van der Waals surface area contributed by atoms with Gasteiger partial charge in [-0.3, -0.25) is 0 Å². The predicted octanol–water partition coefficient (Wildman–Crippen LogP) is 12.6. The van der Waals surface area contributed by atoms with Crippen molar-refractivity contribution < 1.29 is 4.42 Å². The molecule has 0 N–H and O–H groups in total. The van der Waals surface area contributed by atoms with E-state index in [2.05, 4.69) is 167 Å². The van der Waals surface area contributed by atoms with Crippen LogP contribution in [0.4, 0.5) is 0 Å². The van der Waals surface area contributed by atoms with Gasteiger partial charge in [-0.15, -0.1) is 0 Å². The molecule has 0 saturated carbocycles. The smallest absolute Gasteiger partial charge is 0.136 e. The number of hydrogen-bond donors (Lipinski definition) is 0. The van der Waals surface area contributed by atoms with Crippen LogP contribution in [0.15, 0.2) is 174 Å². The Kier molecular flexibility index (Phi) is 5.38. The van der Waals surface area contributed by atoms with E-state index in [1.807, 2.05) is 12.1 Å². The van der Waals surface area contributed by atoms with Gasteiger partial charge in [0.2, 0.25) is 0 Å². The number of para-hydroxylation sites is 3. The van der Waals surface area contributed by atoms with Crippen LogP contribution in [0.2, 0.25) is 0 Å². The summed E-state index contributed by atoms with van der Waals surface area (Å²) in [6.45, 7) is 0. The van der Waals surface area contributed by atoms with Gasteiger partial charge in [0.15, 0.2) is 0 Å². The number of rotatable bonds is 3. The van der Waals surface area contributed by atoms with E-state index < -0.39 is 0 Å². The molecule has 0 aliphatic carbocycles. The molecule has 0 spiro atoms. The molecular weight excluding hydrogens is 597 g/mol. The molecule has 8 aromatic carbocycles. The quantitative estimate of drug-likeness (QED) is 0.192. The molecule has 3 heteroatoms. The zero-order valence-corrected chi connectivity index (χ0v) is 26.5. The molecule has 0 aliphatic rings. The Bertz CT molecular complexity index is 3100. The fourth-order valence-corrected chi connectivity index (χ4v) is 8.11. The highest BCUT2D eigenvalue weighted by molar-refractivity contribution is 6.25. The molecule has 49 heavy (non-hydrogen) atoms. The van der Waals surface area contributed by atoms with E-state index >= 15 is 0 Å². The minimum Gasteiger partial charge on any atom is -0.456 e. The van der Waals surface area contributed by atoms with Gasteiger partial charge in [0.25, 0.3) is 0 Å². The van der Waals surface area contributed by atoms with Crippen LogP contribution in [0, 0.1) is 0 Å². The molecule has 0 fully saturated rings. The summed E-state index contributed by atoms with van der Waals surface area (Å²) in [6, 6.07) is 61.4. The maximum absolute atomic E-state index is 6.28. The second-order valence-electron chi connectivity index (χ2n) is 13.0. The number of fused-ring (bicyclic) bond motifs is 11. The summed E-state index contributed by atoms with van der Waals surface area (Å²) in [5.41, 5.74) is 11.2. The maximum Gasteiger partial charge on any atom is 0.136 e. The van der Waals surface area contributed by atoms with Crippen LogP contribution in [-0.2, 0) is 0 Å². The number of nitrogens with zero attached hydrogens (tertiary/aromatic N) is 2. The summed E-state index contributed by atoms with van der Waals surface area (Å²) in [5, 5.41) is 9.80. The lowest BCUT2D eigenvalue weighted by molar-refractivity contribution is 0.669. The van der Waals surface area contributed by atoms with Crippen molar-refractivity contribution in [1.29, 1.82) is 0 Å². The molecule has 0 unspecified atom stereocenters. The largest absolute Gasteiger partial charge is 0.456 e. The first-order valence-electron chi connectivity index (χ1n) is 16.8. The molecule has 228 valence electrons. The van der Waals surface area contributed by atoms with Crippen molar-refractivity contribution in [3.8, 4) is 22.5 Å². The highest BCUT2D eigenvalue weighted by Gasteiger charge is 2.20. The standard InChI is InChI=1S/C46H28N2O/c1-2-13-32(14-3-1)47-40-19-8-6-17-35(40)38-27-43-39(28-42(38)47)46-34-16-5-4-11-29(34)22-24-41(46)48(43)33-15-10-12-30(25-33)31-21-23-37-36-18-7-9-20-44(36)49-45(37)26-31/h1-28H. The number of benzene rings is 8. The first-order valence-corrected chi connectivity index (χ1v) is 16.8. The third kappa shape index (κ3) is 3.78. The van der Waals surface area contributed by atoms with E-state index in [4.69, 9.17) is 4.42 Å². The summed E-state index contributed by atoms with van der Waals surface area (Å²) in [4.78, 5) is 0. The molecule has 11 rings (SSSR count). The predicted molar refractivity (Wildman–Crippen MR) is 205 cm³/mol. The molecule has 3 aromatic heterocycles. The molecule has 0 aliphatic heterocycles. The normalized spacial score (nSPS) is 12.1. The van der Waals surface area contributed by atoms with Gasteiger partial charge in [0.1, 0.15) is 11.2 Å². The lowest BCUT2D eigenvalue weighted by atomic mass is 10.0. The lowest BCUT2D eigenvalue weighted by Gasteiger charge is -2.11. The zero-order valence-electron chi connectivity index (χ0n) is 26.5. The molecule has 0 amide bonds. The van der Waals surface area contributed by atoms with E-state index in [1.165, 1.54) is 54.4 Å². The summed E-state index contributed by atoms with van der Waals surface area (Å²) in [7, 11) is 0. The van der Waals surface area contributed by atoms with E-state index in [0.29, 0.717) is 0 Å². The summed E-state index contributed by atoms with van der Waals surface area (Å²) in [5.74, 6) is 0. The van der Waals surface area contributed by atoms with Crippen LogP contribution in [-0.4, -0.2) is 9.13 Å². The average Bonchev–Trinajstić information content (AvgIpc) is 3.81. The van der Waals surface area contributed by atoms with Crippen molar-refractivity contribution in [2.45, 2.75) is 0 Å². The minimum atomic E-state index is 0.907. The van der Waals surface area contributed by atoms with E-state index in [-0.39, 0.29) is 0 Å². The van der Waals surface area contributed by atoms with Gasteiger partial charge in [-0.25, -0.2) is 0 Å². The first kappa shape index (κ1) is 26.5. The van der Waals surface area contributed by atoms with E-state index in [9.17, 15) is 0 Å².